The molecule has 0 atom stereocenters. The van der Waals surface area contributed by atoms with Crippen LogP contribution in [-0.2, 0) is 19.6 Å². The number of hydrogen-bond acceptors (Lipinski definition) is 6. The Balaban J connectivity index is 2.73. The largest absolute Gasteiger partial charge is 0.495 e. The Bertz CT molecular complexity index is 703. The fourth-order valence-electron chi connectivity index (χ4n) is 1.99. The number of ether oxygens (including phenoxy) is 2. The van der Waals surface area contributed by atoms with Gasteiger partial charge in [0.1, 0.15) is 10.6 Å². The number of esters is 1. The molecule has 8 nitrogen and oxygen atoms in total. The van der Waals surface area contributed by atoms with E-state index in [0.29, 0.717) is 6.54 Å². The maximum atomic E-state index is 12.0. The van der Waals surface area contributed by atoms with E-state index in [2.05, 4.69) is 17.0 Å². The maximum absolute atomic E-state index is 12.0. The lowest BCUT2D eigenvalue weighted by Crippen LogP contribution is -2.29. The van der Waals surface area contributed by atoms with Crippen LogP contribution in [0.3, 0.4) is 0 Å². The van der Waals surface area contributed by atoms with Crippen molar-refractivity contribution in [2.45, 2.75) is 31.1 Å². The molecule has 0 saturated heterocycles. The summed E-state index contributed by atoms with van der Waals surface area (Å²) in [5.41, 5.74) is 0.00779. The number of benzene rings is 1. The first-order valence-electron chi connectivity index (χ1n) is 7.91. The van der Waals surface area contributed by atoms with Crippen molar-refractivity contribution < 1.29 is 27.5 Å². The smallest absolute Gasteiger partial charge is 0.338 e. The van der Waals surface area contributed by atoms with E-state index in [1.165, 1.54) is 26.3 Å². The highest BCUT2D eigenvalue weighted by Crippen LogP contribution is 2.24. The summed E-state index contributed by atoms with van der Waals surface area (Å²) in [5, 5.41) is 2.65. The molecule has 0 heterocycles. The standard InChI is InChI=1S/C16H24N2O6S/c1-4-5-6-9-18-15(19)11-24-16(20)12-7-8-13(23-3)14(10-12)25(21,22)17-2/h7-8,10,17H,4-6,9,11H2,1-3H3,(H,18,19). The molecule has 1 aromatic rings. The average molecular weight is 372 g/mol. The monoisotopic (exact) mass is 372 g/mol. The highest BCUT2D eigenvalue weighted by atomic mass is 32.2. The van der Waals surface area contributed by atoms with Crippen molar-refractivity contribution in [3.63, 3.8) is 0 Å². The highest BCUT2D eigenvalue weighted by molar-refractivity contribution is 7.89. The molecular formula is C16H24N2O6S. The van der Waals surface area contributed by atoms with Gasteiger partial charge in [-0.1, -0.05) is 19.8 Å². The number of nitrogens with one attached hydrogen (secondary N) is 2. The molecule has 0 radical (unpaired) electrons. The van der Waals surface area contributed by atoms with Gasteiger partial charge in [-0.25, -0.2) is 17.9 Å². The molecular weight excluding hydrogens is 348 g/mol. The lowest BCUT2D eigenvalue weighted by molar-refractivity contribution is -0.124. The molecule has 0 aliphatic rings. The molecule has 1 aromatic carbocycles. The molecule has 140 valence electrons. The predicted molar refractivity (Wildman–Crippen MR) is 92.1 cm³/mol. The number of unbranched alkanes of at least 4 members (excludes halogenated alkanes) is 2. The third-order valence-electron chi connectivity index (χ3n) is 3.39. The molecule has 9 heteroatoms. The minimum Gasteiger partial charge on any atom is -0.495 e. The number of methoxy groups -OCH3 is 1. The Morgan fingerprint density at radius 3 is 2.52 bits per heavy atom. The average Bonchev–Trinajstić information content (AvgIpc) is 2.62. The first-order chi connectivity index (χ1) is 11.9. The SMILES string of the molecule is CCCCCNC(=O)COC(=O)c1ccc(OC)c(S(=O)(=O)NC)c1. The van der Waals surface area contributed by atoms with Crippen molar-refractivity contribution in [3.05, 3.63) is 23.8 Å². The summed E-state index contributed by atoms with van der Waals surface area (Å²) in [6, 6.07) is 3.87. The van der Waals surface area contributed by atoms with Crippen molar-refractivity contribution in [2.75, 3.05) is 27.3 Å². The van der Waals surface area contributed by atoms with E-state index >= 15 is 0 Å². The molecule has 0 bridgehead atoms. The van der Waals surface area contributed by atoms with E-state index in [0.717, 1.165) is 25.3 Å². The summed E-state index contributed by atoms with van der Waals surface area (Å²) in [5.74, 6) is -1.10. The Labute approximate surface area is 147 Å². The quantitative estimate of drug-likeness (QED) is 0.469. The van der Waals surface area contributed by atoms with Crippen LogP contribution >= 0.6 is 0 Å². The Kier molecular flexibility index (Phi) is 8.36. The van der Waals surface area contributed by atoms with Crippen LogP contribution in [0.4, 0.5) is 0 Å². The van der Waals surface area contributed by atoms with Crippen molar-refractivity contribution in [3.8, 4) is 5.75 Å². The van der Waals surface area contributed by atoms with Gasteiger partial charge in [-0.2, -0.15) is 0 Å². The zero-order valence-corrected chi connectivity index (χ0v) is 15.4. The van der Waals surface area contributed by atoms with Crippen LogP contribution in [0, 0.1) is 0 Å². The van der Waals surface area contributed by atoms with Gasteiger partial charge in [-0.3, -0.25) is 4.79 Å². The van der Waals surface area contributed by atoms with Crippen LogP contribution in [0.1, 0.15) is 36.5 Å². The molecule has 0 aliphatic heterocycles. The molecule has 0 saturated carbocycles. The zero-order valence-electron chi connectivity index (χ0n) is 14.6. The number of hydrogen-bond donors (Lipinski definition) is 2. The van der Waals surface area contributed by atoms with E-state index < -0.39 is 28.5 Å². The van der Waals surface area contributed by atoms with E-state index in [1.54, 1.807) is 0 Å². The van der Waals surface area contributed by atoms with Gasteiger partial charge in [-0.05, 0) is 31.7 Å². The first-order valence-corrected chi connectivity index (χ1v) is 9.39. The highest BCUT2D eigenvalue weighted by Gasteiger charge is 2.21. The third kappa shape index (κ3) is 6.35. The minimum absolute atomic E-state index is 0.00779. The molecule has 0 spiro atoms. The molecule has 0 aliphatic carbocycles. The first kappa shape index (κ1) is 20.9. The van der Waals surface area contributed by atoms with E-state index in [4.69, 9.17) is 9.47 Å². The molecule has 2 N–H and O–H groups in total. The molecule has 0 fully saturated rings. The van der Waals surface area contributed by atoms with Crippen LogP contribution in [-0.4, -0.2) is 47.6 Å². The number of carbonyl (C=O) groups is 2. The molecule has 1 amide bonds. The van der Waals surface area contributed by atoms with Crippen LogP contribution in [0.15, 0.2) is 23.1 Å². The fraction of sp³-hybridized carbons (Fsp3) is 0.500. The lowest BCUT2D eigenvalue weighted by atomic mass is 10.2. The number of amides is 1. The van der Waals surface area contributed by atoms with Gasteiger partial charge in [0.15, 0.2) is 6.61 Å². The molecule has 1 rings (SSSR count). The van der Waals surface area contributed by atoms with Gasteiger partial charge < -0.3 is 14.8 Å². The van der Waals surface area contributed by atoms with Crippen LogP contribution in [0.25, 0.3) is 0 Å². The second kappa shape index (κ2) is 10.00. The summed E-state index contributed by atoms with van der Waals surface area (Å²) >= 11 is 0. The number of sulfonamides is 1. The van der Waals surface area contributed by atoms with Crippen molar-refractivity contribution in [1.82, 2.24) is 10.0 Å². The van der Waals surface area contributed by atoms with Crippen LogP contribution < -0.4 is 14.8 Å². The topological polar surface area (TPSA) is 111 Å². The second-order valence-electron chi connectivity index (χ2n) is 5.21. The Morgan fingerprint density at radius 1 is 1.20 bits per heavy atom. The van der Waals surface area contributed by atoms with Gasteiger partial charge in [0.05, 0.1) is 12.7 Å². The lowest BCUT2D eigenvalue weighted by Gasteiger charge is -2.11. The van der Waals surface area contributed by atoms with E-state index in [1.807, 2.05) is 0 Å². The fourth-order valence-corrected chi connectivity index (χ4v) is 2.91. The number of rotatable bonds is 10. The zero-order chi connectivity index (χ0) is 18.9. The summed E-state index contributed by atoms with van der Waals surface area (Å²) in [4.78, 5) is 23.5. The molecule has 0 aromatic heterocycles. The number of carbonyl (C=O) groups excluding carboxylic acids is 2. The summed E-state index contributed by atoms with van der Waals surface area (Å²) in [7, 11) is -1.23. The van der Waals surface area contributed by atoms with Crippen LogP contribution in [0.2, 0.25) is 0 Å². The van der Waals surface area contributed by atoms with Crippen molar-refractivity contribution >= 4 is 21.9 Å². The normalized spacial score (nSPS) is 11.0. The molecule has 0 unspecified atom stereocenters. The summed E-state index contributed by atoms with van der Waals surface area (Å²) in [6.07, 6.45) is 2.91. The van der Waals surface area contributed by atoms with Crippen molar-refractivity contribution in [2.24, 2.45) is 0 Å². The summed E-state index contributed by atoms with van der Waals surface area (Å²) in [6.45, 7) is 2.16. The van der Waals surface area contributed by atoms with Crippen LogP contribution in [0.5, 0.6) is 5.75 Å². The minimum atomic E-state index is -3.81. The van der Waals surface area contributed by atoms with Crippen molar-refractivity contribution in [1.29, 1.82) is 0 Å². The molecule has 25 heavy (non-hydrogen) atoms. The van der Waals surface area contributed by atoms with Gasteiger partial charge in [-0.15, -0.1) is 0 Å². The predicted octanol–water partition coefficient (Wildman–Crippen LogP) is 1.07. The Morgan fingerprint density at radius 2 is 1.92 bits per heavy atom. The van der Waals surface area contributed by atoms with E-state index in [9.17, 15) is 18.0 Å². The Hall–Kier alpha value is -2.13. The third-order valence-corrected chi connectivity index (χ3v) is 4.83. The van der Waals surface area contributed by atoms with E-state index in [-0.39, 0.29) is 16.2 Å². The maximum Gasteiger partial charge on any atom is 0.338 e. The van der Waals surface area contributed by atoms with Gasteiger partial charge in [0.25, 0.3) is 5.91 Å². The second-order valence-corrected chi connectivity index (χ2v) is 7.06. The van der Waals surface area contributed by atoms with Gasteiger partial charge in [0.2, 0.25) is 10.0 Å². The van der Waals surface area contributed by atoms with Gasteiger partial charge in [0, 0.05) is 6.54 Å². The van der Waals surface area contributed by atoms with Gasteiger partial charge >= 0.3 is 5.97 Å². The summed E-state index contributed by atoms with van der Waals surface area (Å²) < 4.78 is 36.0.